The van der Waals surface area contributed by atoms with Crippen LogP contribution >= 0.6 is 15.9 Å². The normalized spacial score (nSPS) is 11.9. The number of carbonyl (C=O) groups is 2. The van der Waals surface area contributed by atoms with Gasteiger partial charge in [-0.1, -0.05) is 28.1 Å². The molecule has 3 rings (SSSR count). The molecule has 0 aliphatic carbocycles. The fourth-order valence-corrected chi connectivity index (χ4v) is 2.65. The third-order valence-corrected chi connectivity index (χ3v) is 4.30. The van der Waals surface area contributed by atoms with Crippen LogP contribution < -0.4 is 5.32 Å². The predicted octanol–water partition coefficient (Wildman–Crippen LogP) is 2.79. The molecule has 0 radical (unpaired) electrons. The Morgan fingerprint density at radius 1 is 1.23 bits per heavy atom. The van der Waals surface area contributed by atoms with Crippen molar-refractivity contribution in [3.8, 4) is 0 Å². The topological polar surface area (TPSA) is 102 Å². The van der Waals surface area contributed by atoms with Crippen molar-refractivity contribution in [2.45, 2.75) is 19.5 Å². The van der Waals surface area contributed by atoms with Gasteiger partial charge < -0.3 is 10.4 Å². The van der Waals surface area contributed by atoms with E-state index in [-0.39, 0.29) is 5.69 Å². The van der Waals surface area contributed by atoms with Gasteiger partial charge in [0, 0.05) is 22.9 Å². The highest BCUT2D eigenvalue weighted by Crippen LogP contribution is 2.14. The average molecular weight is 418 g/mol. The first kappa shape index (κ1) is 17.9. The second-order valence-corrected chi connectivity index (χ2v) is 6.57. The van der Waals surface area contributed by atoms with E-state index < -0.39 is 17.9 Å². The lowest BCUT2D eigenvalue weighted by Crippen LogP contribution is -2.24. The summed E-state index contributed by atoms with van der Waals surface area (Å²) >= 11 is 3.39. The van der Waals surface area contributed by atoms with Gasteiger partial charge in [-0.15, -0.1) is 0 Å². The lowest BCUT2D eigenvalue weighted by atomic mass is 10.2. The van der Waals surface area contributed by atoms with Crippen molar-refractivity contribution < 1.29 is 14.7 Å². The van der Waals surface area contributed by atoms with E-state index in [0.29, 0.717) is 12.4 Å². The molecule has 8 nitrogen and oxygen atoms in total. The minimum Gasteiger partial charge on any atom is -0.480 e. The quantitative estimate of drug-likeness (QED) is 0.641. The molecule has 0 aliphatic heterocycles. The van der Waals surface area contributed by atoms with E-state index in [9.17, 15) is 9.59 Å². The number of hydrogen-bond acceptors (Lipinski definition) is 4. The Morgan fingerprint density at radius 2 is 1.96 bits per heavy atom. The smallest absolute Gasteiger partial charge is 0.328 e. The molecule has 0 spiro atoms. The lowest BCUT2D eigenvalue weighted by molar-refractivity contribution is -0.140. The van der Waals surface area contributed by atoms with E-state index >= 15 is 0 Å². The van der Waals surface area contributed by atoms with Crippen LogP contribution in [0.2, 0.25) is 0 Å². The maximum atomic E-state index is 12.4. The molecule has 1 unspecified atom stereocenters. The van der Waals surface area contributed by atoms with Gasteiger partial charge in [0.25, 0.3) is 5.91 Å². The van der Waals surface area contributed by atoms with Gasteiger partial charge in [0.1, 0.15) is 11.7 Å². The van der Waals surface area contributed by atoms with Crippen molar-refractivity contribution >= 4 is 33.6 Å². The summed E-state index contributed by atoms with van der Waals surface area (Å²) in [5, 5.41) is 20.0. The fourth-order valence-electron chi connectivity index (χ4n) is 2.38. The molecule has 2 heterocycles. The number of carboxylic acids is 1. The van der Waals surface area contributed by atoms with Crippen molar-refractivity contribution in [2.24, 2.45) is 0 Å². The van der Waals surface area contributed by atoms with Gasteiger partial charge >= 0.3 is 5.97 Å². The lowest BCUT2D eigenvalue weighted by Gasteiger charge is -2.10. The summed E-state index contributed by atoms with van der Waals surface area (Å²) in [6.45, 7) is 2.02. The van der Waals surface area contributed by atoms with Gasteiger partial charge in [-0.2, -0.15) is 10.2 Å². The average Bonchev–Trinajstić information content (AvgIpc) is 3.25. The van der Waals surface area contributed by atoms with Gasteiger partial charge in [-0.3, -0.25) is 9.48 Å². The molecule has 2 aromatic heterocycles. The first-order chi connectivity index (χ1) is 12.4. The van der Waals surface area contributed by atoms with Gasteiger partial charge in [0.15, 0.2) is 5.82 Å². The molecule has 0 saturated carbocycles. The second kappa shape index (κ2) is 7.52. The Morgan fingerprint density at radius 3 is 2.65 bits per heavy atom. The molecular weight excluding hydrogens is 402 g/mol. The molecule has 2 N–H and O–H groups in total. The molecule has 0 aliphatic rings. The fraction of sp³-hybridized carbons (Fsp3) is 0.176. The highest BCUT2D eigenvalue weighted by molar-refractivity contribution is 9.10. The highest BCUT2D eigenvalue weighted by atomic mass is 79.9. The number of rotatable bonds is 6. The summed E-state index contributed by atoms with van der Waals surface area (Å²) in [6, 6.07) is 10.1. The Kier molecular flexibility index (Phi) is 5.17. The third kappa shape index (κ3) is 3.99. The van der Waals surface area contributed by atoms with E-state index in [1.807, 2.05) is 24.3 Å². The van der Waals surface area contributed by atoms with Crippen LogP contribution in [0, 0.1) is 0 Å². The number of anilines is 1. The molecule has 3 aromatic rings. The number of nitrogens with one attached hydrogen (secondary N) is 1. The molecule has 0 bridgehead atoms. The third-order valence-electron chi connectivity index (χ3n) is 3.77. The van der Waals surface area contributed by atoms with E-state index in [1.54, 1.807) is 16.9 Å². The number of halogens is 1. The summed E-state index contributed by atoms with van der Waals surface area (Å²) < 4.78 is 3.87. The molecule has 1 atom stereocenters. The van der Waals surface area contributed by atoms with Crippen LogP contribution in [0.3, 0.4) is 0 Å². The van der Waals surface area contributed by atoms with Crippen LogP contribution in [0.15, 0.2) is 53.3 Å². The van der Waals surface area contributed by atoms with Gasteiger partial charge in [-0.05, 0) is 30.7 Å². The van der Waals surface area contributed by atoms with E-state index in [1.165, 1.54) is 19.2 Å². The Bertz CT molecular complexity index is 932. The zero-order valence-corrected chi connectivity index (χ0v) is 15.4. The second-order valence-electron chi connectivity index (χ2n) is 5.65. The van der Waals surface area contributed by atoms with Crippen LogP contribution in [-0.2, 0) is 11.3 Å². The highest BCUT2D eigenvalue weighted by Gasteiger charge is 2.21. The first-order valence-electron chi connectivity index (χ1n) is 7.79. The summed E-state index contributed by atoms with van der Waals surface area (Å²) in [7, 11) is 0. The van der Waals surface area contributed by atoms with Crippen LogP contribution in [-0.4, -0.2) is 36.5 Å². The van der Waals surface area contributed by atoms with Gasteiger partial charge in [0.2, 0.25) is 0 Å². The standard InChI is InChI=1S/C17H16BrN5O3/c1-11(17(25)26)23-14(6-8-19-23)16(24)20-15-7-9-22(21-15)10-12-2-4-13(18)5-3-12/h2-9,11H,10H2,1H3,(H,25,26)(H,20,21,24). The monoisotopic (exact) mass is 417 g/mol. The summed E-state index contributed by atoms with van der Waals surface area (Å²) in [6.07, 6.45) is 3.15. The summed E-state index contributed by atoms with van der Waals surface area (Å²) in [5.41, 5.74) is 1.23. The van der Waals surface area contributed by atoms with Crippen molar-refractivity contribution in [2.75, 3.05) is 5.32 Å². The zero-order chi connectivity index (χ0) is 18.7. The summed E-state index contributed by atoms with van der Waals surface area (Å²) in [5.74, 6) is -1.16. The number of aliphatic carboxylic acids is 1. The number of carboxylic acid groups (broad SMARTS) is 1. The Labute approximate surface area is 157 Å². The van der Waals surface area contributed by atoms with Crippen molar-refractivity contribution in [1.29, 1.82) is 0 Å². The van der Waals surface area contributed by atoms with Crippen LogP contribution in [0.5, 0.6) is 0 Å². The summed E-state index contributed by atoms with van der Waals surface area (Å²) in [4.78, 5) is 23.5. The number of nitrogens with zero attached hydrogens (tertiary/aromatic N) is 4. The molecule has 1 amide bonds. The van der Waals surface area contributed by atoms with Crippen LogP contribution in [0.25, 0.3) is 0 Å². The Hall–Kier alpha value is -2.94. The molecule has 0 saturated heterocycles. The van der Waals surface area contributed by atoms with Gasteiger partial charge in [0.05, 0.1) is 6.54 Å². The number of benzene rings is 1. The van der Waals surface area contributed by atoms with E-state index in [0.717, 1.165) is 14.7 Å². The number of hydrogen-bond donors (Lipinski definition) is 2. The van der Waals surface area contributed by atoms with E-state index in [2.05, 4.69) is 31.4 Å². The molecule has 9 heteroatoms. The van der Waals surface area contributed by atoms with Crippen LogP contribution in [0.4, 0.5) is 5.82 Å². The predicted molar refractivity (Wildman–Crippen MR) is 98.0 cm³/mol. The maximum absolute atomic E-state index is 12.4. The molecule has 134 valence electrons. The van der Waals surface area contributed by atoms with Crippen LogP contribution in [0.1, 0.15) is 29.0 Å². The first-order valence-corrected chi connectivity index (χ1v) is 8.59. The van der Waals surface area contributed by atoms with Crippen molar-refractivity contribution in [3.63, 3.8) is 0 Å². The number of amides is 1. The Balaban J connectivity index is 1.69. The largest absolute Gasteiger partial charge is 0.480 e. The van der Waals surface area contributed by atoms with E-state index in [4.69, 9.17) is 5.11 Å². The minimum absolute atomic E-state index is 0.155. The van der Waals surface area contributed by atoms with Crippen molar-refractivity contribution in [3.05, 3.63) is 64.5 Å². The maximum Gasteiger partial charge on any atom is 0.328 e. The SMILES string of the molecule is CC(C(=O)O)n1nccc1C(=O)Nc1ccn(Cc2ccc(Br)cc2)n1. The number of carbonyl (C=O) groups excluding carboxylic acids is 1. The number of aromatic nitrogens is 4. The van der Waals surface area contributed by atoms with Crippen molar-refractivity contribution in [1.82, 2.24) is 19.6 Å². The molecule has 0 fully saturated rings. The minimum atomic E-state index is -1.07. The molecule has 1 aromatic carbocycles. The zero-order valence-electron chi connectivity index (χ0n) is 13.8. The van der Waals surface area contributed by atoms with Gasteiger partial charge in [-0.25, -0.2) is 9.48 Å². The molecular formula is C17H16BrN5O3. The molecule has 26 heavy (non-hydrogen) atoms.